The summed E-state index contributed by atoms with van der Waals surface area (Å²) >= 11 is 0. The molecule has 0 bridgehead atoms. The third-order valence-electron chi connectivity index (χ3n) is 7.53. The number of morpholine rings is 1. The molecule has 11 heteroatoms. The van der Waals surface area contributed by atoms with Crippen LogP contribution in [0.5, 0.6) is 0 Å². The van der Waals surface area contributed by atoms with Crippen LogP contribution in [0.1, 0.15) is 19.3 Å². The van der Waals surface area contributed by atoms with Gasteiger partial charge in [-0.1, -0.05) is 30.3 Å². The molecule has 5 N–H and O–H groups in total. The van der Waals surface area contributed by atoms with Crippen molar-refractivity contribution < 1.29 is 9.53 Å². The summed E-state index contributed by atoms with van der Waals surface area (Å²) in [6.07, 6.45) is 7.68. The van der Waals surface area contributed by atoms with Crippen LogP contribution < -0.4 is 21.4 Å². The van der Waals surface area contributed by atoms with E-state index < -0.39 is 6.04 Å². The van der Waals surface area contributed by atoms with Crippen molar-refractivity contribution in [2.45, 2.75) is 31.5 Å². The average Bonchev–Trinajstić information content (AvgIpc) is 3.41. The van der Waals surface area contributed by atoms with Crippen molar-refractivity contribution in [1.82, 2.24) is 15.3 Å². The zero-order valence-electron chi connectivity index (χ0n) is 22.9. The van der Waals surface area contributed by atoms with Crippen LogP contribution in [0, 0.1) is 5.41 Å². The molecule has 212 valence electrons. The molecule has 1 saturated heterocycles. The molecule has 4 aliphatic rings. The minimum Gasteiger partial charge on any atom is -0.387 e. The van der Waals surface area contributed by atoms with Gasteiger partial charge in [0.1, 0.15) is 23.9 Å². The molecule has 11 nitrogen and oxygen atoms in total. The topological polar surface area (TPSA) is 135 Å². The number of rotatable bonds is 7. The lowest BCUT2D eigenvalue weighted by Crippen LogP contribution is -2.52. The second-order valence-corrected chi connectivity index (χ2v) is 10.3. The summed E-state index contributed by atoms with van der Waals surface area (Å²) < 4.78 is 5.56. The molecule has 1 unspecified atom stereocenters. The Kier molecular flexibility index (Phi) is 7.90. The molecule has 1 amide bonds. The van der Waals surface area contributed by atoms with Crippen LogP contribution in [0.2, 0.25) is 0 Å². The van der Waals surface area contributed by atoms with E-state index in [1.165, 1.54) is 0 Å². The highest BCUT2D eigenvalue weighted by Crippen LogP contribution is 2.34. The quantitative estimate of drug-likeness (QED) is 0.306. The number of amides is 1. The number of amidine groups is 1. The van der Waals surface area contributed by atoms with Gasteiger partial charge in [0.25, 0.3) is 5.91 Å². The van der Waals surface area contributed by atoms with Crippen LogP contribution in [-0.4, -0.2) is 78.6 Å². The van der Waals surface area contributed by atoms with E-state index in [1.807, 2.05) is 72.0 Å². The molecular weight excluding hydrogens is 518 g/mol. The third-order valence-corrected chi connectivity index (χ3v) is 7.53. The Morgan fingerprint density at radius 2 is 1.88 bits per heavy atom. The standard InChI is InChI=1S/C30H35N9O2/c31-23(22-19-39(28-12-6-7-13-33-28)36-29(22)37-14-16-41-17-15-37)18-27(32)34-25-20-38(21-8-2-1-3-9-21)26-11-5-4-10-24(26)35-30(25)40/h1-5,8-13,19,25,29,31,36H,6-7,14-18,20H2,(H2,32,34)(H,35,40)/t25-,29?/m0/s1. The molecule has 0 aromatic heterocycles. The van der Waals surface area contributed by atoms with Crippen LogP contribution in [0.3, 0.4) is 0 Å². The Morgan fingerprint density at radius 3 is 2.66 bits per heavy atom. The fourth-order valence-electron chi connectivity index (χ4n) is 5.46. The van der Waals surface area contributed by atoms with Crippen LogP contribution in [0.4, 0.5) is 17.1 Å². The second-order valence-electron chi connectivity index (χ2n) is 10.3. The lowest BCUT2D eigenvalue weighted by Gasteiger charge is -2.34. The summed E-state index contributed by atoms with van der Waals surface area (Å²) in [5, 5.41) is 13.9. The molecule has 41 heavy (non-hydrogen) atoms. The van der Waals surface area contributed by atoms with E-state index >= 15 is 0 Å². The van der Waals surface area contributed by atoms with Gasteiger partial charge < -0.3 is 26.1 Å². The van der Waals surface area contributed by atoms with Crippen LogP contribution in [-0.2, 0) is 9.53 Å². The Hall–Kier alpha value is -4.32. The molecular formula is C30H35N9O2. The molecule has 2 aromatic rings. The molecule has 2 aromatic carbocycles. The van der Waals surface area contributed by atoms with Gasteiger partial charge in [-0.05, 0) is 43.2 Å². The van der Waals surface area contributed by atoms with Crippen LogP contribution >= 0.6 is 0 Å². The van der Waals surface area contributed by atoms with E-state index in [0.717, 1.165) is 54.4 Å². The highest BCUT2D eigenvalue weighted by molar-refractivity contribution is 6.11. The maximum Gasteiger partial charge on any atom is 0.251 e. The summed E-state index contributed by atoms with van der Waals surface area (Å²) in [6, 6.07) is 16.9. The maximum absolute atomic E-state index is 13.3. The number of fused-ring (bicyclic) bond motifs is 1. The van der Waals surface area contributed by atoms with E-state index in [-0.39, 0.29) is 24.3 Å². The van der Waals surface area contributed by atoms with E-state index in [4.69, 9.17) is 15.9 Å². The number of hydrazine groups is 1. The monoisotopic (exact) mass is 553 g/mol. The van der Waals surface area contributed by atoms with Gasteiger partial charge in [0, 0.05) is 48.9 Å². The van der Waals surface area contributed by atoms with Gasteiger partial charge in [0.05, 0.1) is 31.1 Å². The smallest absolute Gasteiger partial charge is 0.251 e. The minimum absolute atomic E-state index is 0.118. The number of carbonyl (C=O) groups excluding carboxylic acids is 1. The molecule has 1 fully saturated rings. The molecule has 4 aliphatic heterocycles. The SMILES string of the molecule is N=C(CC(N)=N[C@H]1CN(c2ccccc2)c2ccccc2NC1=O)C1=CN(C2=CCCC=N2)NC1N1CCOCC1. The van der Waals surface area contributed by atoms with Crippen molar-refractivity contribution in [1.29, 1.82) is 5.41 Å². The van der Waals surface area contributed by atoms with Crippen molar-refractivity contribution in [3.63, 3.8) is 0 Å². The second kappa shape index (κ2) is 12.0. The van der Waals surface area contributed by atoms with Crippen LogP contribution in [0.15, 0.2) is 88.3 Å². The Morgan fingerprint density at radius 1 is 1.10 bits per heavy atom. The van der Waals surface area contributed by atoms with Gasteiger partial charge in [0.2, 0.25) is 0 Å². The number of allylic oxidation sites excluding steroid dienone is 1. The van der Waals surface area contributed by atoms with Crippen LogP contribution in [0.25, 0.3) is 0 Å². The number of nitrogens with one attached hydrogen (secondary N) is 3. The summed E-state index contributed by atoms with van der Waals surface area (Å²) in [5.74, 6) is 0.824. The fraction of sp³-hybridized carbons (Fsp3) is 0.333. The summed E-state index contributed by atoms with van der Waals surface area (Å²) in [4.78, 5) is 26.8. The van der Waals surface area contributed by atoms with E-state index in [9.17, 15) is 4.79 Å². The van der Waals surface area contributed by atoms with Crippen molar-refractivity contribution in [2.24, 2.45) is 15.7 Å². The first-order valence-corrected chi connectivity index (χ1v) is 14.0. The van der Waals surface area contributed by atoms with Gasteiger partial charge >= 0.3 is 0 Å². The third kappa shape index (κ3) is 5.92. The largest absolute Gasteiger partial charge is 0.387 e. The van der Waals surface area contributed by atoms with Gasteiger partial charge in [0.15, 0.2) is 0 Å². The van der Waals surface area contributed by atoms with Crippen molar-refractivity contribution in [3.8, 4) is 0 Å². The number of carbonyl (C=O) groups is 1. The number of aliphatic imine (C=N–C) groups is 2. The van der Waals surface area contributed by atoms with Gasteiger partial charge in [-0.15, -0.1) is 0 Å². The van der Waals surface area contributed by atoms with E-state index in [1.54, 1.807) is 0 Å². The molecule has 0 radical (unpaired) electrons. The first kappa shape index (κ1) is 26.9. The van der Waals surface area contributed by atoms with Gasteiger partial charge in [-0.3, -0.25) is 19.7 Å². The minimum atomic E-state index is -0.751. The lowest BCUT2D eigenvalue weighted by molar-refractivity contribution is -0.117. The number of ether oxygens (including phenoxy) is 1. The van der Waals surface area contributed by atoms with Gasteiger partial charge in [-0.2, -0.15) is 0 Å². The number of nitrogens with zero attached hydrogens (tertiary/aromatic N) is 5. The first-order valence-electron chi connectivity index (χ1n) is 14.0. The first-order chi connectivity index (χ1) is 20.1. The summed E-state index contributed by atoms with van der Waals surface area (Å²) in [7, 11) is 0. The number of hydrogen-bond donors (Lipinski definition) is 4. The Labute approximate surface area is 239 Å². The molecule has 6 rings (SSSR count). The average molecular weight is 554 g/mol. The van der Waals surface area contributed by atoms with Crippen molar-refractivity contribution >= 4 is 40.7 Å². The number of para-hydroxylation sites is 3. The highest BCUT2D eigenvalue weighted by atomic mass is 16.5. The predicted molar refractivity (Wildman–Crippen MR) is 161 cm³/mol. The highest BCUT2D eigenvalue weighted by Gasteiger charge is 2.34. The molecule has 0 spiro atoms. The Balaban J connectivity index is 1.23. The summed E-state index contributed by atoms with van der Waals surface area (Å²) in [5.41, 5.74) is 13.7. The van der Waals surface area contributed by atoms with Crippen molar-refractivity contribution in [2.75, 3.05) is 43.1 Å². The zero-order valence-corrected chi connectivity index (χ0v) is 22.9. The molecule has 2 atom stereocenters. The number of benzene rings is 2. The molecule has 4 heterocycles. The number of anilines is 3. The lowest BCUT2D eigenvalue weighted by atomic mass is 10.0. The predicted octanol–water partition coefficient (Wildman–Crippen LogP) is 2.98. The van der Waals surface area contributed by atoms with E-state index in [2.05, 4.69) is 36.6 Å². The van der Waals surface area contributed by atoms with Crippen molar-refractivity contribution in [3.05, 3.63) is 78.3 Å². The fourth-order valence-corrected chi connectivity index (χ4v) is 5.46. The molecule has 0 aliphatic carbocycles. The zero-order chi connectivity index (χ0) is 28.2. The number of hydrogen-bond acceptors (Lipinski definition) is 9. The van der Waals surface area contributed by atoms with E-state index in [0.29, 0.717) is 25.5 Å². The molecule has 0 saturated carbocycles. The van der Waals surface area contributed by atoms with Gasteiger partial charge in [-0.25, -0.2) is 10.4 Å². The summed E-state index contributed by atoms with van der Waals surface area (Å²) in [6.45, 7) is 3.10. The normalized spacial score (nSPS) is 23.4. The maximum atomic E-state index is 13.3. The number of nitrogens with two attached hydrogens (primary N) is 1. The Bertz CT molecular complexity index is 1410.